The lowest BCUT2D eigenvalue weighted by Crippen LogP contribution is -2.53. The first-order chi connectivity index (χ1) is 12.6. The Morgan fingerprint density at radius 2 is 1.73 bits per heavy atom. The number of carbonyl (C=O) groups excluding carboxylic acids is 2. The molecule has 0 atom stereocenters. The fourth-order valence-electron chi connectivity index (χ4n) is 2.82. The molecule has 0 radical (unpaired) electrons. The topological polar surface area (TPSA) is 71.1 Å². The minimum atomic E-state index is -0.322. The molecule has 2 aromatic carbocycles. The van der Waals surface area contributed by atoms with Crippen molar-refractivity contribution >= 4 is 23.3 Å². The lowest BCUT2D eigenvalue weighted by molar-refractivity contribution is -0.120. The minimum Gasteiger partial charge on any atom is -0.497 e. The van der Waals surface area contributed by atoms with E-state index in [0.717, 1.165) is 11.4 Å². The number of anilines is 2. The first kappa shape index (κ1) is 17.6. The van der Waals surface area contributed by atoms with Crippen molar-refractivity contribution in [1.82, 2.24) is 4.90 Å². The number of carbonyl (C=O) groups is 2. The van der Waals surface area contributed by atoms with E-state index in [2.05, 4.69) is 5.32 Å². The summed E-state index contributed by atoms with van der Waals surface area (Å²) < 4.78 is 10.4. The van der Waals surface area contributed by atoms with Crippen molar-refractivity contribution in [1.29, 1.82) is 0 Å². The van der Waals surface area contributed by atoms with Gasteiger partial charge in [0.2, 0.25) is 5.91 Å². The summed E-state index contributed by atoms with van der Waals surface area (Å²) in [5.74, 6) is 1.18. The third kappa shape index (κ3) is 3.72. The number of hydrogen-bond donors (Lipinski definition) is 1. The minimum absolute atomic E-state index is 0.0208. The highest BCUT2D eigenvalue weighted by Crippen LogP contribution is 2.24. The van der Waals surface area contributed by atoms with Crippen LogP contribution < -0.4 is 19.7 Å². The molecule has 7 heteroatoms. The average molecular weight is 355 g/mol. The zero-order valence-electron chi connectivity index (χ0n) is 14.8. The smallest absolute Gasteiger partial charge is 0.322 e. The van der Waals surface area contributed by atoms with Crippen molar-refractivity contribution < 1.29 is 19.1 Å². The van der Waals surface area contributed by atoms with Gasteiger partial charge in [0, 0.05) is 18.8 Å². The van der Waals surface area contributed by atoms with E-state index in [9.17, 15) is 9.59 Å². The lowest BCUT2D eigenvalue weighted by Gasteiger charge is -2.34. The molecule has 1 saturated heterocycles. The van der Waals surface area contributed by atoms with E-state index in [1.54, 1.807) is 31.3 Å². The second kappa shape index (κ2) is 7.77. The van der Waals surface area contributed by atoms with Gasteiger partial charge in [-0.05, 0) is 36.4 Å². The summed E-state index contributed by atoms with van der Waals surface area (Å²) in [7, 11) is 3.14. The molecular weight excluding hydrogens is 334 g/mol. The standard InChI is InChI=1S/C19H21N3O4/c1-25-15-9-7-14(8-10-15)22-12-11-21(13-18(22)23)19(24)20-16-5-3-4-6-17(16)26-2/h3-10H,11-13H2,1-2H3,(H,20,24). The number of para-hydroxylation sites is 2. The molecule has 3 amide bonds. The summed E-state index contributed by atoms with van der Waals surface area (Å²) >= 11 is 0. The molecule has 1 aliphatic heterocycles. The van der Waals surface area contributed by atoms with Crippen LogP contribution in [-0.4, -0.2) is 50.7 Å². The Labute approximate surface area is 152 Å². The molecular formula is C19H21N3O4. The first-order valence-electron chi connectivity index (χ1n) is 8.25. The maximum absolute atomic E-state index is 12.5. The van der Waals surface area contributed by atoms with E-state index in [4.69, 9.17) is 9.47 Å². The molecule has 0 saturated carbocycles. The molecule has 1 aliphatic rings. The van der Waals surface area contributed by atoms with Crippen LogP contribution >= 0.6 is 0 Å². The summed E-state index contributed by atoms with van der Waals surface area (Å²) in [5, 5.41) is 2.80. The largest absolute Gasteiger partial charge is 0.497 e. The number of urea groups is 1. The number of benzene rings is 2. The summed E-state index contributed by atoms with van der Waals surface area (Å²) in [6.07, 6.45) is 0. The number of methoxy groups -OCH3 is 2. The lowest BCUT2D eigenvalue weighted by atomic mass is 10.2. The summed E-state index contributed by atoms with van der Waals surface area (Å²) in [4.78, 5) is 28.1. The molecule has 0 aromatic heterocycles. The molecule has 136 valence electrons. The maximum atomic E-state index is 12.5. The van der Waals surface area contributed by atoms with Gasteiger partial charge in [0.25, 0.3) is 0 Å². The fraction of sp³-hybridized carbons (Fsp3) is 0.263. The molecule has 1 N–H and O–H groups in total. The van der Waals surface area contributed by atoms with E-state index >= 15 is 0 Å². The molecule has 1 heterocycles. The highest BCUT2D eigenvalue weighted by atomic mass is 16.5. The number of ether oxygens (including phenoxy) is 2. The number of piperazine rings is 1. The van der Waals surface area contributed by atoms with Gasteiger partial charge < -0.3 is 24.6 Å². The van der Waals surface area contributed by atoms with Gasteiger partial charge in [0.15, 0.2) is 0 Å². The van der Waals surface area contributed by atoms with Crippen molar-refractivity contribution in [3.05, 3.63) is 48.5 Å². The molecule has 0 spiro atoms. The Bertz CT molecular complexity index is 792. The van der Waals surface area contributed by atoms with Crippen LogP contribution in [0.15, 0.2) is 48.5 Å². The molecule has 7 nitrogen and oxygen atoms in total. The van der Waals surface area contributed by atoms with Crippen LogP contribution in [0.1, 0.15) is 0 Å². The van der Waals surface area contributed by atoms with E-state index < -0.39 is 0 Å². The van der Waals surface area contributed by atoms with Crippen molar-refractivity contribution in [3.8, 4) is 11.5 Å². The quantitative estimate of drug-likeness (QED) is 0.915. The molecule has 0 bridgehead atoms. The van der Waals surface area contributed by atoms with Crippen molar-refractivity contribution in [2.24, 2.45) is 0 Å². The Kier molecular flexibility index (Phi) is 5.26. The van der Waals surface area contributed by atoms with Crippen molar-refractivity contribution in [2.75, 3.05) is 44.1 Å². The van der Waals surface area contributed by atoms with Gasteiger partial charge in [-0.25, -0.2) is 4.79 Å². The molecule has 0 unspecified atom stereocenters. The third-order valence-electron chi connectivity index (χ3n) is 4.24. The normalized spacial score (nSPS) is 14.2. The monoisotopic (exact) mass is 355 g/mol. The summed E-state index contributed by atoms with van der Waals surface area (Å²) in [5.41, 5.74) is 1.37. The van der Waals surface area contributed by atoms with E-state index in [0.29, 0.717) is 24.5 Å². The first-order valence-corrected chi connectivity index (χ1v) is 8.25. The second-order valence-electron chi connectivity index (χ2n) is 5.80. The van der Waals surface area contributed by atoms with Gasteiger partial charge in [-0.15, -0.1) is 0 Å². The summed E-state index contributed by atoms with van der Waals surface area (Å²) in [6.45, 7) is 0.899. The van der Waals surface area contributed by atoms with Crippen molar-refractivity contribution in [2.45, 2.75) is 0 Å². The Balaban J connectivity index is 1.64. The Morgan fingerprint density at radius 1 is 1.00 bits per heavy atom. The predicted octanol–water partition coefficient (Wildman–Crippen LogP) is 2.58. The molecule has 1 fully saturated rings. The van der Waals surface area contributed by atoms with Crippen LogP contribution in [0.2, 0.25) is 0 Å². The zero-order chi connectivity index (χ0) is 18.5. The number of amides is 3. The van der Waals surface area contributed by atoms with Crippen LogP contribution in [0.3, 0.4) is 0 Å². The number of nitrogens with one attached hydrogen (secondary N) is 1. The highest BCUT2D eigenvalue weighted by molar-refractivity contribution is 6.00. The Morgan fingerprint density at radius 3 is 2.38 bits per heavy atom. The third-order valence-corrected chi connectivity index (χ3v) is 4.24. The van der Waals surface area contributed by atoms with Crippen LogP contribution in [0, 0.1) is 0 Å². The van der Waals surface area contributed by atoms with Crippen LogP contribution in [0.25, 0.3) is 0 Å². The molecule has 2 aromatic rings. The van der Waals surface area contributed by atoms with Gasteiger partial charge in [-0.1, -0.05) is 12.1 Å². The van der Waals surface area contributed by atoms with Gasteiger partial charge in [-0.2, -0.15) is 0 Å². The van der Waals surface area contributed by atoms with Crippen LogP contribution in [-0.2, 0) is 4.79 Å². The number of hydrogen-bond acceptors (Lipinski definition) is 4. The molecule has 3 rings (SSSR count). The molecule has 26 heavy (non-hydrogen) atoms. The van der Waals surface area contributed by atoms with Gasteiger partial charge in [0.1, 0.15) is 18.0 Å². The SMILES string of the molecule is COc1ccc(N2CCN(C(=O)Nc3ccccc3OC)CC2=O)cc1. The van der Waals surface area contributed by atoms with Crippen molar-refractivity contribution in [3.63, 3.8) is 0 Å². The van der Waals surface area contributed by atoms with Gasteiger partial charge >= 0.3 is 6.03 Å². The highest BCUT2D eigenvalue weighted by Gasteiger charge is 2.28. The second-order valence-corrected chi connectivity index (χ2v) is 5.80. The van der Waals surface area contributed by atoms with Crippen LogP contribution in [0.4, 0.5) is 16.2 Å². The Hall–Kier alpha value is -3.22. The zero-order valence-corrected chi connectivity index (χ0v) is 14.8. The van der Waals surface area contributed by atoms with E-state index in [1.807, 2.05) is 36.4 Å². The van der Waals surface area contributed by atoms with Crippen LogP contribution in [0.5, 0.6) is 11.5 Å². The summed E-state index contributed by atoms with van der Waals surface area (Å²) in [6, 6.07) is 14.1. The number of rotatable bonds is 4. The predicted molar refractivity (Wildman–Crippen MR) is 98.9 cm³/mol. The fourth-order valence-corrected chi connectivity index (χ4v) is 2.82. The van der Waals surface area contributed by atoms with E-state index in [-0.39, 0.29) is 18.5 Å². The van der Waals surface area contributed by atoms with Gasteiger partial charge in [-0.3, -0.25) is 4.79 Å². The maximum Gasteiger partial charge on any atom is 0.322 e. The number of nitrogens with zero attached hydrogens (tertiary/aromatic N) is 2. The van der Waals surface area contributed by atoms with Gasteiger partial charge in [0.05, 0.1) is 19.9 Å². The van der Waals surface area contributed by atoms with E-state index in [1.165, 1.54) is 4.90 Å². The molecule has 0 aliphatic carbocycles. The average Bonchev–Trinajstić information content (AvgIpc) is 2.68.